The van der Waals surface area contributed by atoms with Gasteiger partial charge in [0.1, 0.15) is 0 Å². The minimum absolute atomic E-state index is 0.738. The Labute approximate surface area is 117 Å². The summed E-state index contributed by atoms with van der Waals surface area (Å²) in [7, 11) is 0. The topological polar surface area (TPSA) is 38.0 Å². The summed E-state index contributed by atoms with van der Waals surface area (Å²) in [5, 5.41) is 3.32. The maximum Gasteiger partial charge on any atom is 0.0620 e. The van der Waals surface area contributed by atoms with Crippen LogP contribution in [0.25, 0.3) is 0 Å². The van der Waals surface area contributed by atoms with E-state index in [1.807, 2.05) is 43.3 Å². The van der Waals surface area contributed by atoms with E-state index in [9.17, 15) is 0 Å². The van der Waals surface area contributed by atoms with Gasteiger partial charge in [-0.3, -0.25) is 0 Å². The highest BCUT2D eigenvalue weighted by atomic mass is 79.9. The summed E-state index contributed by atoms with van der Waals surface area (Å²) in [6.45, 7) is 2.04. The average molecular weight is 356 g/mol. The first-order chi connectivity index (χ1) is 8.06. The average Bonchev–Trinajstić information content (AvgIpc) is 2.28. The number of aryl methyl sites for hydroxylation is 1. The number of nitrogens with one attached hydrogen (secondary N) is 1. The molecule has 0 fully saturated rings. The first kappa shape index (κ1) is 12.5. The number of nitrogens with two attached hydrogens (primary N) is 1. The highest BCUT2D eigenvalue weighted by Gasteiger charge is 2.04. The van der Waals surface area contributed by atoms with E-state index in [0.717, 1.165) is 26.0 Å². The molecule has 0 aliphatic heterocycles. The zero-order valence-corrected chi connectivity index (χ0v) is 12.5. The van der Waals surface area contributed by atoms with E-state index >= 15 is 0 Å². The van der Waals surface area contributed by atoms with Crippen LogP contribution >= 0.6 is 31.9 Å². The minimum atomic E-state index is 0.738. The van der Waals surface area contributed by atoms with E-state index in [0.29, 0.717) is 0 Å². The van der Waals surface area contributed by atoms with Crippen LogP contribution in [0.2, 0.25) is 0 Å². The van der Waals surface area contributed by atoms with Crippen molar-refractivity contribution in [3.63, 3.8) is 0 Å². The molecule has 2 aromatic carbocycles. The highest BCUT2D eigenvalue weighted by Crippen LogP contribution is 2.31. The van der Waals surface area contributed by atoms with Crippen molar-refractivity contribution in [2.45, 2.75) is 6.92 Å². The zero-order valence-electron chi connectivity index (χ0n) is 9.30. The fourth-order valence-electron chi connectivity index (χ4n) is 1.52. The summed E-state index contributed by atoms with van der Waals surface area (Å²) in [4.78, 5) is 0. The third-order valence-electron chi connectivity index (χ3n) is 2.41. The monoisotopic (exact) mass is 354 g/mol. The SMILES string of the molecule is Cc1ccc(N)c(Nc2cc(Br)ccc2Br)c1. The smallest absolute Gasteiger partial charge is 0.0620 e. The third kappa shape index (κ3) is 3.01. The quantitative estimate of drug-likeness (QED) is 0.756. The van der Waals surface area contributed by atoms with Crippen molar-refractivity contribution in [1.82, 2.24) is 0 Å². The molecule has 0 heterocycles. The fraction of sp³-hybridized carbons (Fsp3) is 0.0769. The van der Waals surface area contributed by atoms with Crippen molar-refractivity contribution in [2.24, 2.45) is 0 Å². The lowest BCUT2D eigenvalue weighted by Gasteiger charge is -2.12. The Balaban J connectivity index is 2.37. The second-order valence-electron chi connectivity index (χ2n) is 3.84. The Morgan fingerprint density at radius 2 is 1.76 bits per heavy atom. The van der Waals surface area contributed by atoms with Crippen LogP contribution in [0.5, 0.6) is 0 Å². The second-order valence-corrected chi connectivity index (χ2v) is 5.61. The van der Waals surface area contributed by atoms with Gasteiger partial charge in [-0.15, -0.1) is 0 Å². The minimum Gasteiger partial charge on any atom is -0.397 e. The van der Waals surface area contributed by atoms with Crippen molar-refractivity contribution < 1.29 is 0 Å². The fourth-order valence-corrected chi connectivity index (χ4v) is 2.22. The standard InChI is InChI=1S/C13H12Br2N2/c1-8-2-5-11(16)13(6-8)17-12-7-9(14)3-4-10(12)15/h2-7,17H,16H2,1H3. The van der Waals surface area contributed by atoms with Crippen LogP contribution in [0.15, 0.2) is 45.3 Å². The number of anilines is 3. The summed E-state index contributed by atoms with van der Waals surface area (Å²) in [6, 6.07) is 11.9. The Morgan fingerprint density at radius 1 is 1.00 bits per heavy atom. The lowest BCUT2D eigenvalue weighted by Crippen LogP contribution is -1.97. The predicted octanol–water partition coefficient (Wildman–Crippen LogP) is 4.85. The number of rotatable bonds is 2. The van der Waals surface area contributed by atoms with Crippen LogP contribution in [0.3, 0.4) is 0 Å². The molecule has 0 saturated heterocycles. The van der Waals surface area contributed by atoms with Gasteiger partial charge in [0, 0.05) is 8.95 Å². The molecule has 0 amide bonds. The first-order valence-electron chi connectivity index (χ1n) is 5.14. The van der Waals surface area contributed by atoms with Gasteiger partial charge >= 0.3 is 0 Å². The Morgan fingerprint density at radius 3 is 2.53 bits per heavy atom. The number of nitrogen functional groups attached to an aromatic ring is 1. The predicted molar refractivity (Wildman–Crippen MR) is 80.7 cm³/mol. The van der Waals surface area contributed by atoms with Crippen molar-refractivity contribution in [3.8, 4) is 0 Å². The van der Waals surface area contributed by atoms with E-state index in [4.69, 9.17) is 5.73 Å². The van der Waals surface area contributed by atoms with Gasteiger partial charge in [0.25, 0.3) is 0 Å². The van der Waals surface area contributed by atoms with E-state index in [-0.39, 0.29) is 0 Å². The number of hydrogen-bond acceptors (Lipinski definition) is 2. The third-order valence-corrected chi connectivity index (χ3v) is 3.59. The molecule has 0 unspecified atom stereocenters. The van der Waals surface area contributed by atoms with E-state index in [1.165, 1.54) is 5.56 Å². The van der Waals surface area contributed by atoms with Gasteiger partial charge in [-0.25, -0.2) is 0 Å². The van der Waals surface area contributed by atoms with Gasteiger partial charge < -0.3 is 11.1 Å². The van der Waals surface area contributed by atoms with Crippen LogP contribution in [-0.4, -0.2) is 0 Å². The molecule has 0 aliphatic rings. The van der Waals surface area contributed by atoms with E-state index < -0.39 is 0 Å². The van der Waals surface area contributed by atoms with Crippen LogP contribution in [0, 0.1) is 6.92 Å². The molecule has 17 heavy (non-hydrogen) atoms. The van der Waals surface area contributed by atoms with Crippen molar-refractivity contribution in [3.05, 3.63) is 50.9 Å². The van der Waals surface area contributed by atoms with Gasteiger partial charge in [0.15, 0.2) is 0 Å². The molecular weight excluding hydrogens is 344 g/mol. The van der Waals surface area contributed by atoms with Crippen molar-refractivity contribution in [1.29, 1.82) is 0 Å². The van der Waals surface area contributed by atoms with Gasteiger partial charge in [-0.1, -0.05) is 22.0 Å². The van der Waals surface area contributed by atoms with Crippen LogP contribution < -0.4 is 11.1 Å². The van der Waals surface area contributed by atoms with Crippen molar-refractivity contribution >= 4 is 48.9 Å². The first-order valence-corrected chi connectivity index (χ1v) is 6.73. The maximum absolute atomic E-state index is 5.94. The normalized spacial score (nSPS) is 10.3. The molecule has 0 atom stereocenters. The molecule has 0 spiro atoms. The number of hydrogen-bond donors (Lipinski definition) is 2. The molecule has 88 valence electrons. The second kappa shape index (κ2) is 5.10. The van der Waals surface area contributed by atoms with Crippen LogP contribution in [0.4, 0.5) is 17.1 Å². The summed E-state index contributed by atoms with van der Waals surface area (Å²) in [5.74, 6) is 0. The molecule has 0 aromatic heterocycles. The van der Waals surface area contributed by atoms with Crippen LogP contribution in [0.1, 0.15) is 5.56 Å². The van der Waals surface area contributed by atoms with Crippen LogP contribution in [-0.2, 0) is 0 Å². The summed E-state index contributed by atoms with van der Waals surface area (Å²) >= 11 is 6.96. The number of halogens is 2. The summed E-state index contributed by atoms with van der Waals surface area (Å²) in [5.41, 5.74) is 9.75. The molecule has 0 bridgehead atoms. The molecule has 2 nitrogen and oxygen atoms in total. The molecule has 0 saturated carbocycles. The molecular formula is C13H12Br2N2. The molecule has 0 aliphatic carbocycles. The highest BCUT2D eigenvalue weighted by molar-refractivity contribution is 9.11. The molecule has 0 radical (unpaired) electrons. The molecule has 3 N–H and O–H groups in total. The largest absolute Gasteiger partial charge is 0.397 e. The van der Waals surface area contributed by atoms with Gasteiger partial charge in [-0.2, -0.15) is 0 Å². The summed E-state index contributed by atoms with van der Waals surface area (Å²) in [6.07, 6.45) is 0. The van der Waals surface area contributed by atoms with E-state index in [1.54, 1.807) is 0 Å². The number of benzene rings is 2. The maximum atomic E-state index is 5.94. The Bertz CT molecular complexity index is 504. The lowest BCUT2D eigenvalue weighted by atomic mass is 10.2. The zero-order chi connectivity index (χ0) is 12.4. The lowest BCUT2D eigenvalue weighted by molar-refractivity contribution is 1.44. The molecule has 2 aromatic rings. The molecule has 4 heteroatoms. The van der Waals surface area contributed by atoms with Gasteiger partial charge in [0.2, 0.25) is 0 Å². The van der Waals surface area contributed by atoms with Gasteiger partial charge in [0.05, 0.1) is 17.1 Å². The van der Waals surface area contributed by atoms with E-state index in [2.05, 4.69) is 37.2 Å². The van der Waals surface area contributed by atoms with Crippen molar-refractivity contribution in [2.75, 3.05) is 11.1 Å². The van der Waals surface area contributed by atoms with Gasteiger partial charge in [-0.05, 0) is 58.7 Å². The summed E-state index contributed by atoms with van der Waals surface area (Å²) < 4.78 is 2.02. The molecule has 2 rings (SSSR count). The Kier molecular flexibility index (Phi) is 3.74. The Hall–Kier alpha value is -1.000.